The van der Waals surface area contributed by atoms with E-state index in [4.69, 9.17) is 4.74 Å². The fourth-order valence-electron chi connectivity index (χ4n) is 3.95. The van der Waals surface area contributed by atoms with Gasteiger partial charge in [-0.25, -0.2) is 9.18 Å². The maximum Gasteiger partial charge on any atom is 0.411 e. The SMILES string of the molecule is Cc1cc(F)ccc1CC1=CC2CCCC(C1)N2C(=O)OC(C)(C)C. The minimum Gasteiger partial charge on any atom is -0.444 e. The summed E-state index contributed by atoms with van der Waals surface area (Å²) in [4.78, 5) is 14.6. The number of carbonyl (C=O) groups is 1. The second kappa shape index (κ2) is 6.81. The molecule has 1 aromatic carbocycles. The Morgan fingerprint density at radius 2 is 2.08 bits per heavy atom. The van der Waals surface area contributed by atoms with E-state index in [0.717, 1.165) is 43.2 Å². The van der Waals surface area contributed by atoms with E-state index in [9.17, 15) is 9.18 Å². The van der Waals surface area contributed by atoms with Crippen molar-refractivity contribution in [1.82, 2.24) is 4.90 Å². The molecule has 1 saturated heterocycles. The average Bonchev–Trinajstić information content (AvgIpc) is 2.47. The van der Waals surface area contributed by atoms with Crippen LogP contribution in [-0.4, -0.2) is 28.7 Å². The van der Waals surface area contributed by atoms with E-state index < -0.39 is 5.60 Å². The Hall–Kier alpha value is -1.84. The van der Waals surface area contributed by atoms with Gasteiger partial charge in [0.2, 0.25) is 0 Å². The Labute approximate surface area is 149 Å². The van der Waals surface area contributed by atoms with Crippen LogP contribution in [0.1, 0.15) is 57.6 Å². The summed E-state index contributed by atoms with van der Waals surface area (Å²) < 4.78 is 18.9. The van der Waals surface area contributed by atoms with Crippen molar-refractivity contribution in [2.75, 3.05) is 0 Å². The third-order valence-corrected chi connectivity index (χ3v) is 5.04. The summed E-state index contributed by atoms with van der Waals surface area (Å²) in [6.45, 7) is 7.67. The molecule has 3 nitrogen and oxygen atoms in total. The topological polar surface area (TPSA) is 29.5 Å². The van der Waals surface area contributed by atoms with Crippen LogP contribution in [0, 0.1) is 12.7 Å². The lowest BCUT2D eigenvalue weighted by molar-refractivity contribution is -0.00150. The number of amides is 1. The molecule has 3 rings (SSSR count). The first-order valence-electron chi connectivity index (χ1n) is 9.19. The number of hydrogen-bond donors (Lipinski definition) is 0. The molecule has 4 heteroatoms. The number of hydrogen-bond acceptors (Lipinski definition) is 2. The van der Waals surface area contributed by atoms with Gasteiger partial charge >= 0.3 is 6.09 Å². The first-order chi connectivity index (χ1) is 11.7. The Kier molecular flexibility index (Phi) is 4.90. The molecule has 2 aliphatic heterocycles. The molecule has 1 amide bonds. The summed E-state index contributed by atoms with van der Waals surface area (Å²) in [6, 6.07) is 5.33. The van der Waals surface area contributed by atoms with E-state index in [1.54, 1.807) is 6.07 Å². The minimum atomic E-state index is -0.472. The van der Waals surface area contributed by atoms with Gasteiger partial charge in [-0.2, -0.15) is 0 Å². The van der Waals surface area contributed by atoms with Crippen molar-refractivity contribution in [3.05, 3.63) is 46.8 Å². The average molecular weight is 345 g/mol. The molecule has 0 radical (unpaired) electrons. The highest BCUT2D eigenvalue weighted by Crippen LogP contribution is 2.35. The summed E-state index contributed by atoms with van der Waals surface area (Å²) in [5.41, 5.74) is 3.03. The largest absolute Gasteiger partial charge is 0.444 e. The lowest BCUT2D eigenvalue weighted by Crippen LogP contribution is -2.53. The van der Waals surface area contributed by atoms with E-state index >= 15 is 0 Å². The van der Waals surface area contributed by atoms with Gasteiger partial charge in [0, 0.05) is 6.04 Å². The third kappa shape index (κ3) is 4.23. The van der Waals surface area contributed by atoms with Gasteiger partial charge in [0.1, 0.15) is 11.4 Å². The first-order valence-corrected chi connectivity index (χ1v) is 9.19. The predicted octanol–water partition coefficient (Wildman–Crippen LogP) is 5.16. The number of piperidine rings is 1. The number of halogens is 1. The molecule has 0 aliphatic carbocycles. The van der Waals surface area contributed by atoms with E-state index in [1.165, 1.54) is 11.6 Å². The molecule has 2 aliphatic rings. The molecular weight excluding hydrogens is 317 g/mol. The summed E-state index contributed by atoms with van der Waals surface area (Å²) >= 11 is 0. The lowest BCUT2D eigenvalue weighted by Gasteiger charge is -2.45. The van der Waals surface area contributed by atoms with Gasteiger partial charge in [-0.05, 0) is 83.1 Å². The molecule has 136 valence electrons. The number of aryl methyl sites for hydroxylation is 1. The summed E-state index contributed by atoms with van der Waals surface area (Å²) in [6.07, 6.45) is 6.91. The van der Waals surface area contributed by atoms with Crippen molar-refractivity contribution in [2.45, 2.75) is 77.5 Å². The van der Waals surface area contributed by atoms with Gasteiger partial charge in [0.05, 0.1) is 6.04 Å². The van der Waals surface area contributed by atoms with Crippen molar-refractivity contribution in [3.8, 4) is 0 Å². The van der Waals surface area contributed by atoms with E-state index in [2.05, 4.69) is 6.08 Å². The highest BCUT2D eigenvalue weighted by molar-refractivity contribution is 5.70. The molecule has 1 aromatic rings. The van der Waals surface area contributed by atoms with E-state index in [0.29, 0.717) is 0 Å². The smallest absolute Gasteiger partial charge is 0.411 e. The second-order valence-corrected chi connectivity index (χ2v) is 8.32. The molecule has 0 aromatic heterocycles. The van der Waals surface area contributed by atoms with Crippen LogP contribution in [0.2, 0.25) is 0 Å². The van der Waals surface area contributed by atoms with Crippen LogP contribution >= 0.6 is 0 Å². The molecular formula is C21H28FNO2. The fraction of sp³-hybridized carbons (Fsp3) is 0.571. The fourth-order valence-corrected chi connectivity index (χ4v) is 3.95. The molecule has 0 saturated carbocycles. The van der Waals surface area contributed by atoms with Crippen molar-refractivity contribution in [1.29, 1.82) is 0 Å². The van der Waals surface area contributed by atoms with Gasteiger partial charge in [-0.1, -0.05) is 17.7 Å². The van der Waals surface area contributed by atoms with Crippen LogP contribution in [0.5, 0.6) is 0 Å². The Balaban J connectivity index is 1.78. The van der Waals surface area contributed by atoms with Crippen LogP contribution in [0.15, 0.2) is 29.8 Å². The Morgan fingerprint density at radius 3 is 2.72 bits per heavy atom. The highest BCUT2D eigenvalue weighted by Gasteiger charge is 2.39. The van der Waals surface area contributed by atoms with Crippen molar-refractivity contribution >= 4 is 6.09 Å². The Bertz CT molecular complexity index is 690. The van der Waals surface area contributed by atoms with Crippen LogP contribution in [0.3, 0.4) is 0 Å². The third-order valence-electron chi connectivity index (χ3n) is 5.04. The van der Waals surface area contributed by atoms with Crippen LogP contribution in [0.4, 0.5) is 9.18 Å². The molecule has 2 atom stereocenters. The highest BCUT2D eigenvalue weighted by atomic mass is 19.1. The molecule has 2 unspecified atom stereocenters. The molecule has 25 heavy (non-hydrogen) atoms. The van der Waals surface area contributed by atoms with Crippen molar-refractivity contribution in [3.63, 3.8) is 0 Å². The van der Waals surface area contributed by atoms with Gasteiger partial charge in [-0.3, -0.25) is 4.90 Å². The molecule has 0 N–H and O–H groups in total. The normalized spacial score (nSPS) is 23.2. The number of benzene rings is 1. The molecule has 0 spiro atoms. The van der Waals surface area contributed by atoms with E-state index in [1.807, 2.05) is 38.7 Å². The maximum absolute atomic E-state index is 13.3. The van der Waals surface area contributed by atoms with Gasteiger partial charge in [-0.15, -0.1) is 0 Å². The van der Waals surface area contributed by atoms with Gasteiger partial charge < -0.3 is 4.74 Å². The zero-order chi connectivity index (χ0) is 18.2. The molecule has 2 bridgehead atoms. The zero-order valence-corrected chi connectivity index (χ0v) is 15.6. The minimum absolute atomic E-state index is 0.123. The van der Waals surface area contributed by atoms with Crippen molar-refractivity contribution in [2.24, 2.45) is 0 Å². The molecule has 1 fully saturated rings. The number of carbonyl (C=O) groups excluding carboxylic acids is 1. The number of fused-ring (bicyclic) bond motifs is 2. The number of nitrogens with zero attached hydrogens (tertiary/aromatic N) is 1. The van der Waals surface area contributed by atoms with Crippen LogP contribution in [-0.2, 0) is 11.2 Å². The summed E-state index contributed by atoms with van der Waals surface area (Å²) in [7, 11) is 0. The predicted molar refractivity (Wildman–Crippen MR) is 97.0 cm³/mol. The standard InChI is InChI=1S/C21H28FNO2/c1-14-10-17(22)9-8-16(14)11-15-12-18-6-5-7-19(13-15)23(18)20(24)25-21(2,3)4/h8-10,12,18-19H,5-7,11,13H2,1-4H3. The monoisotopic (exact) mass is 345 g/mol. The van der Waals surface area contributed by atoms with Crippen molar-refractivity contribution < 1.29 is 13.9 Å². The van der Waals surface area contributed by atoms with Crippen LogP contribution in [0.25, 0.3) is 0 Å². The summed E-state index contributed by atoms with van der Waals surface area (Å²) in [5.74, 6) is -0.188. The summed E-state index contributed by atoms with van der Waals surface area (Å²) in [5, 5.41) is 0. The second-order valence-electron chi connectivity index (χ2n) is 8.32. The van der Waals surface area contributed by atoms with Gasteiger partial charge in [0.25, 0.3) is 0 Å². The first kappa shape index (κ1) is 18.0. The Morgan fingerprint density at radius 1 is 1.32 bits per heavy atom. The zero-order valence-electron chi connectivity index (χ0n) is 15.6. The quantitative estimate of drug-likeness (QED) is 0.693. The number of rotatable bonds is 2. The van der Waals surface area contributed by atoms with E-state index in [-0.39, 0.29) is 24.0 Å². The van der Waals surface area contributed by atoms with Crippen LogP contribution < -0.4 is 0 Å². The lowest BCUT2D eigenvalue weighted by atomic mass is 9.83. The maximum atomic E-state index is 13.3. The molecule has 2 heterocycles. The number of ether oxygens (including phenoxy) is 1. The van der Waals surface area contributed by atoms with Gasteiger partial charge in [0.15, 0.2) is 0 Å².